The van der Waals surface area contributed by atoms with Crippen molar-refractivity contribution in [1.29, 1.82) is 0 Å². The SMILES string of the molecule is CC1(C)C(C=CC(=CC=C2N(CCCCS(=O)(=O)[O-])c3ccc4[c-]cc(S(=O)(=O)[O-])cc4c3C2(C)C)c2cccc(CCCCC(=O)NCCN3C(=O)C=CC3=O)c2)=Nc2c1cc(Cl)c[n+]2CCCCS(=O)(=O)[O-].O=S(=O)=O.[Na+].[Na+].[Na+]. The Morgan fingerprint density at radius 2 is 1.46 bits per heavy atom. The molecule has 3 amide bonds. The number of rotatable bonds is 23. The number of aromatic nitrogens is 1. The van der Waals surface area contributed by atoms with Gasteiger partial charge in [0.25, 0.3) is 11.8 Å². The molecular formula is C53H57ClN5Na3O15S4. The molecule has 4 aromatic rings. The van der Waals surface area contributed by atoms with Gasteiger partial charge in [0, 0.05) is 66.5 Å². The van der Waals surface area contributed by atoms with Crippen LogP contribution in [0.5, 0.6) is 0 Å². The predicted octanol–water partition coefficient (Wildman–Crippen LogP) is -3.42. The van der Waals surface area contributed by atoms with Crippen LogP contribution in [0.1, 0.15) is 94.9 Å². The topological polar surface area (TPSA) is 309 Å². The van der Waals surface area contributed by atoms with E-state index in [1.807, 2.05) is 91.8 Å². The number of amides is 3. The number of benzene rings is 3. The molecule has 28 heteroatoms. The van der Waals surface area contributed by atoms with Crippen LogP contribution in [-0.4, -0.2) is 111 Å². The number of nitrogens with one attached hydrogen (secondary N) is 1. The summed E-state index contributed by atoms with van der Waals surface area (Å²) in [6, 6.07) is 18.9. The molecule has 3 aliphatic rings. The second kappa shape index (κ2) is 30.7. The summed E-state index contributed by atoms with van der Waals surface area (Å²) >= 11 is 6.63. The van der Waals surface area contributed by atoms with Gasteiger partial charge in [-0.25, -0.2) is 29.8 Å². The average molecular weight is 1240 g/mol. The number of carbonyl (C=O) groups excluding carboxylic acids is 3. The second-order valence-corrected chi connectivity index (χ2v) is 25.0. The van der Waals surface area contributed by atoms with Crippen molar-refractivity contribution in [3.05, 3.63) is 136 Å². The molecule has 0 saturated heterocycles. The van der Waals surface area contributed by atoms with Gasteiger partial charge in [-0.15, -0.1) is 47.7 Å². The number of halogens is 1. The van der Waals surface area contributed by atoms with Crippen molar-refractivity contribution in [2.45, 2.75) is 101 Å². The van der Waals surface area contributed by atoms with Crippen LogP contribution in [-0.2, 0) is 79.1 Å². The summed E-state index contributed by atoms with van der Waals surface area (Å²) in [5.41, 5.74) is 4.86. The van der Waals surface area contributed by atoms with Gasteiger partial charge >= 0.3 is 105 Å². The second-order valence-electron chi connectivity index (χ2n) is 19.8. The molecule has 20 nitrogen and oxygen atoms in total. The third kappa shape index (κ3) is 19.9. The first kappa shape index (κ1) is 72.0. The van der Waals surface area contributed by atoms with Crippen LogP contribution in [0.25, 0.3) is 16.3 Å². The molecule has 0 radical (unpaired) electrons. The molecule has 3 aliphatic heterocycles. The van der Waals surface area contributed by atoms with E-state index in [0.29, 0.717) is 78.2 Å². The normalized spacial score (nSPS) is 15.8. The molecule has 0 aliphatic carbocycles. The minimum Gasteiger partial charge on any atom is -0.752 e. The van der Waals surface area contributed by atoms with E-state index in [2.05, 4.69) is 17.4 Å². The maximum absolute atomic E-state index is 12.7. The minimum atomic E-state index is -4.84. The summed E-state index contributed by atoms with van der Waals surface area (Å²) in [6.45, 7) is 8.88. The number of hydrogen-bond donors (Lipinski definition) is 1. The third-order valence-electron chi connectivity index (χ3n) is 13.5. The smallest absolute Gasteiger partial charge is 0.752 e. The maximum Gasteiger partial charge on any atom is 1.00 e. The van der Waals surface area contributed by atoms with E-state index in [1.54, 1.807) is 12.3 Å². The Hall–Kier alpha value is -3.25. The van der Waals surface area contributed by atoms with Crippen molar-refractivity contribution in [1.82, 2.24) is 10.2 Å². The van der Waals surface area contributed by atoms with E-state index in [4.69, 9.17) is 29.2 Å². The fraction of sp³-hybridized carbons (Fsp3) is 0.377. The van der Waals surface area contributed by atoms with Crippen molar-refractivity contribution in [3.63, 3.8) is 0 Å². The quantitative estimate of drug-likeness (QED) is 0.0144. The molecule has 81 heavy (non-hydrogen) atoms. The Kier molecular flexibility index (Phi) is 27.3. The van der Waals surface area contributed by atoms with Crippen LogP contribution >= 0.6 is 11.6 Å². The molecule has 418 valence electrons. The number of pyridine rings is 1. The number of aryl methyl sites for hydroxylation is 2. The molecule has 7 rings (SSSR count). The summed E-state index contributed by atoms with van der Waals surface area (Å²) in [7, 11) is -16.8. The van der Waals surface area contributed by atoms with Gasteiger partial charge in [0.05, 0.1) is 52.9 Å². The standard InChI is InChI=1S/C53H60ClN5O12S3.3Na.O3S/c1-52(2)43-33-40(54)35-57(27-7-9-30-72(63,64)65)51(43)56-45(52)22-18-37(39-14-11-13-36(32-39)12-5-6-15-47(60)55-26-29-59-48(61)24-25-49(59)62)19-23-46-53(3,4)50-42-34-41(74(69,70)71)20-16-38(42)17-21-44(50)58(46)28-8-10-31-73(66,67)68;;;;1-4(2)3/h11,13-14,17-25,32-35H,5-10,12,15,26-31H2,1-4H3,(H,55,60)(H,63,64,65)(H,66,67,68)(H,69,70,71);;;;/q;3*+1;/p-3. The largest absolute Gasteiger partial charge is 1.00 e. The number of carbonyl (C=O) groups is 3. The number of hydrogen-bond acceptors (Lipinski definition) is 17. The van der Waals surface area contributed by atoms with Gasteiger partial charge in [-0.3, -0.25) is 19.3 Å². The first-order valence-corrected chi connectivity index (χ1v) is 30.6. The van der Waals surface area contributed by atoms with E-state index in [0.717, 1.165) is 44.5 Å². The molecule has 0 saturated carbocycles. The van der Waals surface area contributed by atoms with Crippen molar-refractivity contribution < 1.29 is 159 Å². The maximum atomic E-state index is 12.7. The van der Waals surface area contributed by atoms with E-state index < -0.39 is 80.0 Å². The zero-order chi connectivity index (χ0) is 57.4. The predicted molar refractivity (Wildman–Crippen MR) is 288 cm³/mol. The molecule has 0 bridgehead atoms. The number of allylic oxidation sites excluding steroid dienone is 6. The molecule has 1 N–H and O–H groups in total. The van der Waals surface area contributed by atoms with E-state index in [1.165, 1.54) is 18.2 Å². The van der Waals surface area contributed by atoms with Crippen molar-refractivity contribution in [3.8, 4) is 0 Å². The molecule has 4 heterocycles. The molecule has 0 spiro atoms. The number of imide groups is 1. The summed E-state index contributed by atoms with van der Waals surface area (Å²) in [6.07, 6.45) is 15.0. The van der Waals surface area contributed by atoms with Gasteiger partial charge in [-0.2, -0.15) is 0 Å². The Morgan fingerprint density at radius 3 is 2.09 bits per heavy atom. The fourth-order valence-electron chi connectivity index (χ4n) is 9.64. The number of fused-ring (bicyclic) bond motifs is 4. The molecule has 1 aromatic heterocycles. The van der Waals surface area contributed by atoms with Gasteiger partial charge in [-0.05, 0) is 109 Å². The van der Waals surface area contributed by atoms with Crippen molar-refractivity contribution in [2.75, 3.05) is 36.0 Å². The van der Waals surface area contributed by atoms with Crippen molar-refractivity contribution >= 4 is 104 Å². The van der Waals surface area contributed by atoms with Gasteiger partial charge in [0.1, 0.15) is 6.20 Å². The minimum absolute atomic E-state index is 0. The van der Waals surface area contributed by atoms with E-state index >= 15 is 0 Å². The van der Waals surface area contributed by atoms with E-state index in [-0.39, 0.29) is 127 Å². The van der Waals surface area contributed by atoms with Gasteiger partial charge in [0.2, 0.25) is 5.91 Å². The Balaban J connectivity index is 0.00000238. The van der Waals surface area contributed by atoms with E-state index in [9.17, 15) is 53.3 Å². The van der Waals surface area contributed by atoms with Crippen LogP contribution < -0.4 is 103 Å². The van der Waals surface area contributed by atoms with Crippen molar-refractivity contribution in [2.24, 2.45) is 4.99 Å². The molecule has 0 unspecified atom stereocenters. The third-order valence-corrected chi connectivity index (χ3v) is 16.1. The Bertz CT molecular complexity index is 3640. The zero-order valence-corrected chi connectivity index (χ0v) is 56.1. The van der Waals surface area contributed by atoms with Gasteiger partial charge in [0.15, 0.2) is 5.71 Å². The fourth-order valence-corrected chi connectivity index (χ4v) is 11.4. The van der Waals surface area contributed by atoms with Gasteiger partial charge < -0.3 is 23.9 Å². The Labute approximate surface area is 545 Å². The Morgan fingerprint density at radius 1 is 0.815 bits per heavy atom. The molecular weight excluding hydrogens is 1180 g/mol. The number of anilines is 1. The molecule has 0 atom stereocenters. The van der Waals surface area contributed by atoms with Crippen LogP contribution in [0.3, 0.4) is 0 Å². The summed E-state index contributed by atoms with van der Waals surface area (Å²) in [4.78, 5) is 44.1. The van der Waals surface area contributed by atoms with Crippen LogP contribution in [0.15, 0.2) is 113 Å². The molecule has 3 aromatic carbocycles. The molecule has 0 fully saturated rings. The van der Waals surface area contributed by atoms with Crippen LogP contribution in [0.2, 0.25) is 5.02 Å². The summed E-state index contributed by atoms with van der Waals surface area (Å²) in [5, 5.41) is 4.33. The first-order chi connectivity index (χ1) is 36.5. The van der Waals surface area contributed by atoms with Crippen LogP contribution in [0.4, 0.5) is 11.5 Å². The van der Waals surface area contributed by atoms with Gasteiger partial charge in [-0.1, -0.05) is 67.9 Å². The number of unbranched alkanes of at least 4 members (excludes halogenated alkanes) is 3. The number of aliphatic imine (C=N–C) groups is 1. The summed E-state index contributed by atoms with van der Waals surface area (Å²) in [5.74, 6) is -1.40. The summed E-state index contributed by atoms with van der Waals surface area (Å²) < 4.78 is 133. The number of nitrogens with zero attached hydrogens (tertiary/aromatic N) is 4. The zero-order valence-electron chi connectivity index (χ0n) is 46.1. The monoisotopic (exact) mass is 1240 g/mol. The first-order valence-electron chi connectivity index (χ1n) is 24.7. The average Bonchev–Trinajstić information content (AvgIpc) is 3.88. The van der Waals surface area contributed by atoms with Crippen LogP contribution in [0, 0.1) is 6.07 Å².